The number of hydrogen-bond donors (Lipinski definition) is 4. The van der Waals surface area contributed by atoms with E-state index in [1.165, 1.54) is 0 Å². The molecule has 0 unspecified atom stereocenters. The van der Waals surface area contributed by atoms with E-state index in [9.17, 15) is 9.59 Å². The second-order valence-corrected chi connectivity index (χ2v) is 5.39. The van der Waals surface area contributed by atoms with E-state index in [0.29, 0.717) is 25.2 Å². The molecule has 0 saturated carbocycles. The van der Waals surface area contributed by atoms with Crippen molar-refractivity contribution in [2.45, 2.75) is 59.8 Å². The van der Waals surface area contributed by atoms with Gasteiger partial charge in [-0.1, -0.05) is 46.6 Å². The summed E-state index contributed by atoms with van der Waals surface area (Å²) in [6, 6.07) is -0.406. The molecule has 0 aromatic heterocycles. The van der Waals surface area contributed by atoms with Crippen LogP contribution in [-0.4, -0.2) is 25.2 Å². The van der Waals surface area contributed by atoms with Gasteiger partial charge in [0.05, 0.1) is 0 Å². The smallest absolute Gasteiger partial charge is 0.319 e. The zero-order valence-corrected chi connectivity index (χ0v) is 16.1. The van der Waals surface area contributed by atoms with Crippen molar-refractivity contribution in [2.75, 3.05) is 13.1 Å². The van der Waals surface area contributed by atoms with Crippen LogP contribution in [-0.2, 0) is 0 Å². The lowest BCUT2D eigenvalue weighted by Crippen LogP contribution is -2.35. The Morgan fingerprint density at radius 1 is 0.960 bits per heavy atom. The van der Waals surface area contributed by atoms with Crippen LogP contribution in [0.4, 0.5) is 9.59 Å². The first kappa shape index (κ1) is 22.8. The number of carbonyl (C=O) groups excluding carboxylic acids is 2. The average Bonchev–Trinajstić information content (AvgIpc) is 2.82. The Morgan fingerprint density at radius 3 is 2.08 bits per heavy atom. The molecule has 0 saturated heterocycles. The molecule has 150 valence electrons. The van der Waals surface area contributed by atoms with Crippen LogP contribution in [0.5, 0.6) is 0 Å². The van der Waals surface area contributed by atoms with Crippen molar-refractivity contribution in [1.29, 1.82) is 0 Å². The normalized spacial score (nSPS) is 12.6. The molecule has 1 aliphatic rings. The van der Waals surface area contributed by atoms with E-state index in [4.69, 9.17) is 0 Å². The Balaban J connectivity index is -0.000000310. The molecular weight excluding hydrogens is 316 g/mol. The molecule has 0 aromatic carbocycles. The van der Waals surface area contributed by atoms with Crippen LogP contribution >= 0.6 is 0 Å². The summed E-state index contributed by atoms with van der Waals surface area (Å²) < 4.78 is 0. The monoisotopic (exact) mass is 358 g/mol. The molecule has 0 spiro atoms. The quantitative estimate of drug-likeness (QED) is 0.464. The molecule has 1 rings (SSSR count). The SMILES string of the molecule is CC.CCCCNC(=O)NC1=CC=C(NC(=O)NCCCC)CC=C1.[HH].[HH].[HH].[HH]. The lowest BCUT2D eigenvalue weighted by atomic mass is 10.3. The Hall–Kier alpha value is -2.24. The number of unbranched alkanes of at least 4 members (excludes halogenated alkanes) is 2. The summed E-state index contributed by atoms with van der Waals surface area (Å²) in [4.78, 5) is 23.4. The highest BCUT2D eigenvalue weighted by Gasteiger charge is 2.06. The second-order valence-electron chi connectivity index (χ2n) is 5.39. The van der Waals surface area contributed by atoms with Crippen molar-refractivity contribution in [2.24, 2.45) is 0 Å². The molecule has 4 amide bonds. The van der Waals surface area contributed by atoms with E-state index < -0.39 is 0 Å². The Morgan fingerprint density at radius 2 is 1.52 bits per heavy atom. The molecule has 4 N–H and O–H groups in total. The zero-order chi connectivity index (χ0) is 18.9. The highest BCUT2D eigenvalue weighted by molar-refractivity contribution is 5.77. The fourth-order valence-electron chi connectivity index (χ4n) is 1.93. The van der Waals surface area contributed by atoms with E-state index in [-0.39, 0.29) is 17.8 Å². The van der Waals surface area contributed by atoms with Crippen LogP contribution in [0, 0.1) is 0 Å². The highest BCUT2D eigenvalue weighted by atomic mass is 16.2. The molecular formula is C19H42N4O2. The minimum atomic E-state index is -0.212. The molecule has 0 bridgehead atoms. The zero-order valence-electron chi connectivity index (χ0n) is 16.1. The minimum Gasteiger partial charge on any atom is -0.338 e. The van der Waals surface area contributed by atoms with Gasteiger partial charge in [-0.05, 0) is 31.1 Å². The Labute approximate surface area is 158 Å². The van der Waals surface area contributed by atoms with Crippen LogP contribution in [0.2, 0.25) is 0 Å². The van der Waals surface area contributed by atoms with Crippen LogP contribution in [0.3, 0.4) is 0 Å². The molecule has 0 fully saturated rings. The third-order valence-electron chi connectivity index (χ3n) is 3.26. The summed E-state index contributed by atoms with van der Waals surface area (Å²) in [6.45, 7) is 9.50. The van der Waals surface area contributed by atoms with Crippen molar-refractivity contribution in [3.63, 3.8) is 0 Å². The summed E-state index contributed by atoms with van der Waals surface area (Å²) in [5.74, 6) is 0. The molecule has 0 radical (unpaired) electrons. The fraction of sp³-hybridized carbons (Fsp3) is 0.579. The molecule has 6 heteroatoms. The van der Waals surface area contributed by atoms with Crippen molar-refractivity contribution in [1.82, 2.24) is 21.3 Å². The topological polar surface area (TPSA) is 82.3 Å². The van der Waals surface area contributed by atoms with Gasteiger partial charge in [0, 0.05) is 36.6 Å². The van der Waals surface area contributed by atoms with Gasteiger partial charge in [-0.15, -0.1) is 0 Å². The van der Waals surface area contributed by atoms with Gasteiger partial charge in [-0.2, -0.15) is 0 Å². The highest BCUT2D eigenvalue weighted by Crippen LogP contribution is 2.07. The first-order chi connectivity index (χ1) is 12.2. The van der Waals surface area contributed by atoms with Crippen LogP contribution in [0.15, 0.2) is 35.7 Å². The molecule has 6 nitrogen and oxygen atoms in total. The Bertz CT molecular complexity index is 499. The minimum absolute atomic E-state index is 0. The maximum atomic E-state index is 11.7. The Kier molecular flexibility index (Phi) is 13.9. The molecule has 25 heavy (non-hydrogen) atoms. The first-order valence-corrected chi connectivity index (χ1v) is 9.32. The molecule has 0 heterocycles. The van der Waals surface area contributed by atoms with Crippen LogP contribution in [0.25, 0.3) is 0 Å². The third kappa shape index (κ3) is 11.9. The van der Waals surface area contributed by atoms with Crippen molar-refractivity contribution in [3.05, 3.63) is 35.7 Å². The van der Waals surface area contributed by atoms with E-state index in [1.54, 1.807) is 12.2 Å². The maximum absolute atomic E-state index is 11.7. The summed E-state index contributed by atoms with van der Waals surface area (Å²) >= 11 is 0. The van der Waals surface area contributed by atoms with Crippen molar-refractivity contribution in [3.8, 4) is 0 Å². The lowest BCUT2D eigenvalue weighted by Gasteiger charge is -2.08. The van der Waals surface area contributed by atoms with E-state index >= 15 is 0 Å². The molecule has 0 aromatic rings. The summed E-state index contributed by atoms with van der Waals surface area (Å²) in [5, 5.41) is 11.2. The van der Waals surface area contributed by atoms with Crippen molar-refractivity contribution >= 4 is 12.1 Å². The number of hydrogen-bond acceptors (Lipinski definition) is 2. The van der Waals surface area contributed by atoms with Gasteiger partial charge in [-0.3, -0.25) is 0 Å². The largest absolute Gasteiger partial charge is 0.338 e. The number of carbonyl (C=O) groups is 2. The van der Waals surface area contributed by atoms with Gasteiger partial charge >= 0.3 is 12.1 Å². The van der Waals surface area contributed by atoms with Crippen molar-refractivity contribution < 1.29 is 15.3 Å². The molecule has 0 atom stereocenters. The van der Waals surface area contributed by atoms with Gasteiger partial charge in [0.25, 0.3) is 0 Å². The number of rotatable bonds is 8. The maximum Gasteiger partial charge on any atom is 0.319 e. The lowest BCUT2D eigenvalue weighted by molar-refractivity contribution is 0.242. The predicted octanol–water partition coefficient (Wildman–Crippen LogP) is 4.92. The van der Waals surface area contributed by atoms with Gasteiger partial charge in [0.1, 0.15) is 0 Å². The van der Waals surface area contributed by atoms with E-state index in [0.717, 1.165) is 31.4 Å². The number of amides is 4. The summed E-state index contributed by atoms with van der Waals surface area (Å²) in [6.07, 6.45) is 12.0. The van der Waals surface area contributed by atoms with Gasteiger partial charge in [-0.25, -0.2) is 9.59 Å². The standard InChI is InChI=1S/C17H28N4O2.C2H6.4H2/c1-3-5-12-18-16(22)20-14-8-7-9-15(11-10-14)21-17(23)19-13-6-4-2;1-2;;;;/h7-8,10-11H,3-6,9,12-13H2,1-2H3,(H2,18,20,22)(H2,19,21,23);1-2H3;4*1H. The van der Waals surface area contributed by atoms with Crippen LogP contribution < -0.4 is 21.3 Å². The number of allylic oxidation sites excluding steroid dienone is 4. The summed E-state index contributed by atoms with van der Waals surface area (Å²) in [5.41, 5.74) is 1.49. The van der Waals surface area contributed by atoms with Gasteiger partial charge in [0.15, 0.2) is 0 Å². The van der Waals surface area contributed by atoms with Gasteiger partial charge < -0.3 is 21.3 Å². The fourth-order valence-corrected chi connectivity index (χ4v) is 1.93. The molecule has 1 aliphatic carbocycles. The molecule has 0 aliphatic heterocycles. The number of urea groups is 2. The van der Waals surface area contributed by atoms with E-state index in [1.807, 2.05) is 26.0 Å². The van der Waals surface area contributed by atoms with E-state index in [2.05, 4.69) is 35.1 Å². The van der Waals surface area contributed by atoms with Gasteiger partial charge in [0.2, 0.25) is 0 Å². The van der Waals surface area contributed by atoms with Crippen LogP contribution in [0.1, 0.15) is 65.5 Å². The first-order valence-electron chi connectivity index (χ1n) is 9.32. The number of nitrogens with one attached hydrogen (secondary N) is 4. The second kappa shape index (κ2) is 15.3. The average molecular weight is 359 g/mol. The summed E-state index contributed by atoms with van der Waals surface area (Å²) in [7, 11) is 0. The predicted molar refractivity (Wildman–Crippen MR) is 113 cm³/mol. The third-order valence-corrected chi connectivity index (χ3v) is 3.26.